The molecule has 2 aliphatic heterocycles. The number of rotatable bonds is 4. The number of piperazine rings is 1. The molecule has 0 aromatic heterocycles. The van der Waals surface area contributed by atoms with Crippen molar-refractivity contribution in [2.75, 3.05) is 52.4 Å². The van der Waals surface area contributed by atoms with E-state index in [1.807, 2.05) is 0 Å². The largest absolute Gasteiger partial charge is 0.416 e. The number of hydrogen-bond donors (Lipinski definition) is 0. The van der Waals surface area contributed by atoms with Gasteiger partial charge in [-0.05, 0) is 42.5 Å². The highest BCUT2D eigenvalue weighted by Crippen LogP contribution is 2.29. The standard InChI is InChI=1S/C24H25F4N3O3/c25-20-3-1-2-18(14-20)23(33)31-12-13-34-21(16-31)15-29-8-10-30(11-9-29)22(32)17-4-6-19(7-5-17)24(26,27)28/h1-7,14,21H,8-13,15-16H2. The fourth-order valence-corrected chi connectivity index (χ4v) is 4.22. The van der Waals surface area contributed by atoms with E-state index in [9.17, 15) is 27.2 Å². The van der Waals surface area contributed by atoms with Crippen molar-refractivity contribution in [3.05, 3.63) is 71.0 Å². The van der Waals surface area contributed by atoms with Crippen LogP contribution in [0.4, 0.5) is 17.6 Å². The summed E-state index contributed by atoms with van der Waals surface area (Å²) in [5.74, 6) is -0.992. The van der Waals surface area contributed by atoms with E-state index in [4.69, 9.17) is 4.74 Å². The lowest BCUT2D eigenvalue weighted by molar-refractivity contribution is -0.137. The molecule has 2 fully saturated rings. The first-order valence-electron chi connectivity index (χ1n) is 11.1. The Hall–Kier alpha value is -2.98. The third-order valence-electron chi connectivity index (χ3n) is 6.08. The van der Waals surface area contributed by atoms with Gasteiger partial charge in [0.2, 0.25) is 0 Å². The molecule has 2 saturated heterocycles. The first-order valence-corrected chi connectivity index (χ1v) is 11.1. The van der Waals surface area contributed by atoms with Gasteiger partial charge in [0.05, 0.1) is 18.3 Å². The Morgan fingerprint density at radius 3 is 2.21 bits per heavy atom. The maximum Gasteiger partial charge on any atom is 0.416 e. The van der Waals surface area contributed by atoms with Crippen molar-refractivity contribution in [1.29, 1.82) is 0 Å². The zero-order valence-electron chi connectivity index (χ0n) is 18.4. The maximum absolute atomic E-state index is 13.5. The number of alkyl halides is 3. The van der Waals surface area contributed by atoms with Gasteiger partial charge in [-0.3, -0.25) is 14.5 Å². The lowest BCUT2D eigenvalue weighted by Crippen LogP contribution is -2.54. The summed E-state index contributed by atoms with van der Waals surface area (Å²) in [4.78, 5) is 30.8. The van der Waals surface area contributed by atoms with Crippen molar-refractivity contribution in [2.45, 2.75) is 12.3 Å². The average Bonchev–Trinajstić information content (AvgIpc) is 2.83. The van der Waals surface area contributed by atoms with Crippen LogP contribution in [0.2, 0.25) is 0 Å². The predicted molar refractivity (Wildman–Crippen MR) is 116 cm³/mol. The van der Waals surface area contributed by atoms with Crippen molar-refractivity contribution < 1.29 is 31.9 Å². The maximum atomic E-state index is 13.5. The summed E-state index contributed by atoms with van der Waals surface area (Å²) < 4.78 is 57.5. The van der Waals surface area contributed by atoms with E-state index < -0.39 is 17.6 Å². The second kappa shape index (κ2) is 10.1. The van der Waals surface area contributed by atoms with Crippen molar-refractivity contribution in [3.63, 3.8) is 0 Å². The van der Waals surface area contributed by atoms with E-state index in [1.165, 1.54) is 30.3 Å². The molecule has 6 nitrogen and oxygen atoms in total. The van der Waals surface area contributed by atoms with Gasteiger partial charge in [0.25, 0.3) is 11.8 Å². The van der Waals surface area contributed by atoms with E-state index in [0.717, 1.165) is 12.1 Å². The number of amides is 2. The zero-order chi connectivity index (χ0) is 24.3. The molecule has 0 aliphatic carbocycles. The van der Waals surface area contributed by atoms with Gasteiger partial charge in [0.1, 0.15) is 5.82 Å². The summed E-state index contributed by atoms with van der Waals surface area (Å²) in [5, 5.41) is 0. The molecule has 10 heteroatoms. The lowest BCUT2D eigenvalue weighted by atomic mass is 10.1. The van der Waals surface area contributed by atoms with Gasteiger partial charge in [-0.25, -0.2) is 4.39 Å². The number of hydrogen-bond acceptors (Lipinski definition) is 4. The first kappa shape index (κ1) is 24.2. The monoisotopic (exact) mass is 479 g/mol. The van der Waals surface area contributed by atoms with Crippen LogP contribution in [-0.2, 0) is 10.9 Å². The molecular weight excluding hydrogens is 454 g/mol. The summed E-state index contributed by atoms with van der Waals surface area (Å²) >= 11 is 0. The summed E-state index contributed by atoms with van der Waals surface area (Å²) in [6.07, 6.45) is -4.64. The normalized spacial score (nSPS) is 19.8. The number of halogens is 4. The van der Waals surface area contributed by atoms with Gasteiger partial charge < -0.3 is 14.5 Å². The molecule has 2 amide bonds. The highest BCUT2D eigenvalue weighted by atomic mass is 19.4. The topological polar surface area (TPSA) is 53.1 Å². The summed E-state index contributed by atoms with van der Waals surface area (Å²) in [5.41, 5.74) is -0.258. The molecule has 34 heavy (non-hydrogen) atoms. The minimum Gasteiger partial charge on any atom is -0.373 e. The Morgan fingerprint density at radius 1 is 0.882 bits per heavy atom. The molecule has 182 valence electrons. The van der Waals surface area contributed by atoms with Crippen LogP contribution in [0.25, 0.3) is 0 Å². The van der Waals surface area contributed by atoms with E-state index in [0.29, 0.717) is 58.0 Å². The Kier molecular flexibility index (Phi) is 7.18. The molecule has 2 aromatic rings. The quantitative estimate of drug-likeness (QED) is 0.633. The number of carbonyl (C=O) groups is 2. The molecule has 0 radical (unpaired) electrons. The summed E-state index contributed by atoms with van der Waals surface area (Å²) in [6, 6.07) is 9.85. The minimum absolute atomic E-state index is 0.205. The summed E-state index contributed by atoms with van der Waals surface area (Å²) in [7, 11) is 0. The van der Waals surface area contributed by atoms with Crippen LogP contribution in [0.5, 0.6) is 0 Å². The molecule has 2 aromatic carbocycles. The molecule has 0 N–H and O–H groups in total. The van der Waals surface area contributed by atoms with Crippen LogP contribution in [0.3, 0.4) is 0 Å². The van der Waals surface area contributed by atoms with Crippen molar-refractivity contribution >= 4 is 11.8 Å². The third-order valence-corrected chi connectivity index (χ3v) is 6.08. The molecule has 1 unspecified atom stereocenters. The van der Waals surface area contributed by atoms with Crippen LogP contribution in [0.15, 0.2) is 48.5 Å². The van der Waals surface area contributed by atoms with E-state index in [2.05, 4.69) is 4.90 Å². The molecular formula is C24H25F4N3O3. The van der Waals surface area contributed by atoms with Crippen LogP contribution < -0.4 is 0 Å². The van der Waals surface area contributed by atoms with Gasteiger partial charge in [-0.2, -0.15) is 13.2 Å². The Balaban J connectivity index is 1.27. The van der Waals surface area contributed by atoms with Crippen LogP contribution in [0.1, 0.15) is 26.3 Å². The number of nitrogens with zero attached hydrogens (tertiary/aromatic N) is 3. The van der Waals surface area contributed by atoms with Gasteiger partial charge in [-0.1, -0.05) is 6.07 Å². The summed E-state index contributed by atoms with van der Waals surface area (Å²) in [6.45, 7) is 3.85. The van der Waals surface area contributed by atoms with E-state index >= 15 is 0 Å². The Labute approximate surface area is 194 Å². The Bertz CT molecular complexity index is 1020. The van der Waals surface area contributed by atoms with Gasteiger partial charge in [-0.15, -0.1) is 0 Å². The van der Waals surface area contributed by atoms with Crippen LogP contribution in [0, 0.1) is 5.82 Å². The predicted octanol–water partition coefficient (Wildman–Crippen LogP) is 3.14. The SMILES string of the molecule is O=C(c1ccc(C(F)(F)F)cc1)N1CCN(CC2CN(C(=O)c3cccc(F)c3)CCO2)CC1. The van der Waals surface area contributed by atoms with E-state index in [1.54, 1.807) is 15.9 Å². The second-order valence-corrected chi connectivity index (χ2v) is 8.42. The number of morpholine rings is 1. The highest BCUT2D eigenvalue weighted by molar-refractivity contribution is 5.94. The van der Waals surface area contributed by atoms with Gasteiger partial charge in [0, 0.05) is 56.9 Å². The molecule has 2 aliphatic rings. The number of carbonyl (C=O) groups excluding carboxylic acids is 2. The molecule has 0 spiro atoms. The first-order chi connectivity index (χ1) is 16.2. The molecule has 0 bridgehead atoms. The average molecular weight is 479 g/mol. The van der Waals surface area contributed by atoms with Crippen LogP contribution in [-0.4, -0.2) is 85.0 Å². The van der Waals surface area contributed by atoms with Crippen molar-refractivity contribution in [3.8, 4) is 0 Å². The van der Waals surface area contributed by atoms with Gasteiger partial charge >= 0.3 is 6.18 Å². The highest BCUT2D eigenvalue weighted by Gasteiger charge is 2.31. The fraction of sp³-hybridized carbons (Fsp3) is 0.417. The third kappa shape index (κ3) is 5.74. The lowest BCUT2D eigenvalue weighted by Gasteiger charge is -2.39. The second-order valence-electron chi connectivity index (χ2n) is 8.42. The number of benzene rings is 2. The van der Waals surface area contributed by atoms with Gasteiger partial charge in [0.15, 0.2) is 0 Å². The molecule has 1 atom stereocenters. The van der Waals surface area contributed by atoms with Crippen LogP contribution >= 0.6 is 0 Å². The minimum atomic E-state index is -4.44. The fourth-order valence-electron chi connectivity index (χ4n) is 4.22. The van der Waals surface area contributed by atoms with Crippen molar-refractivity contribution in [1.82, 2.24) is 14.7 Å². The molecule has 2 heterocycles. The molecule has 4 rings (SSSR count). The zero-order valence-corrected chi connectivity index (χ0v) is 18.4. The molecule has 0 saturated carbocycles. The van der Waals surface area contributed by atoms with Crippen molar-refractivity contribution in [2.24, 2.45) is 0 Å². The smallest absolute Gasteiger partial charge is 0.373 e. The Morgan fingerprint density at radius 2 is 1.56 bits per heavy atom. The van der Waals surface area contributed by atoms with E-state index in [-0.39, 0.29) is 23.5 Å². The number of ether oxygens (including phenoxy) is 1.